The highest BCUT2D eigenvalue weighted by Gasteiger charge is 2.05. The Morgan fingerprint density at radius 3 is 2.73 bits per heavy atom. The lowest BCUT2D eigenvalue weighted by Crippen LogP contribution is -2.08. The second-order valence-electron chi connectivity index (χ2n) is 3.60. The lowest BCUT2D eigenvalue weighted by molar-refractivity contribution is -0.143. The first-order valence-corrected chi connectivity index (χ1v) is 6.13. The minimum absolute atomic E-state index is 0.135. The summed E-state index contributed by atoms with van der Waals surface area (Å²) in [6.45, 7) is 2.48. The Morgan fingerprint density at radius 2 is 2.13 bits per heavy atom. The Bertz CT molecular complexity index is 162. The van der Waals surface area contributed by atoms with E-state index in [2.05, 4.69) is 0 Å². The van der Waals surface area contributed by atoms with Crippen molar-refractivity contribution in [3.8, 4) is 0 Å². The van der Waals surface area contributed by atoms with Crippen molar-refractivity contribution in [2.75, 3.05) is 12.5 Å². The van der Waals surface area contributed by atoms with Crippen LogP contribution in [0.4, 0.5) is 0 Å². The summed E-state index contributed by atoms with van der Waals surface area (Å²) >= 11 is 5.48. The van der Waals surface area contributed by atoms with Crippen LogP contribution in [0.2, 0.25) is 0 Å². The largest absolute Gasteiger partial charge is 0.466 e. The molecular formula is C11H21ClO3. The zero-order chi connectivity index (χ0) is 11.5. The number of aliphatic hydroxyl groups excluding tert-OH is 1. The summed E-state index contributed by atoms with van der Waals surface area (Å²) in [5.74, 6) is 0.350. The first-order valence-electron chi connectivity index (χ1n) is 5.60. The lowest BCUT2D eigenvalue weighted by atomic mass is 10.1. The van der Waals surface area contributed by atoms with Crippen molar-refractivity contribution in [1.29, 1.82) is 0 Å². The lowest BCUT2D eigenvalue weighted by Gasteiger charge is -2.07. The summed E-state index contributed by atoms with van der Waals surface area (Å²) in [4.78, 5) is 11.1. The van der Waals surface area contributed by atoms with E-state index in [1.165, 1.54) is 0 Å². The van der Waals surface area contributed by atoms with Crippen LogP contribution in [0.3, 0.4) is 0 Å². The first kappa shape index (κ1) is 14.7. The van der Waals surface area contributed by atoms with Crippen molar-refractivity contribution in [2.45, 2.75) is 51.6 Å². The predicted octanol–water partition coefficient (Wildman–Crippen LogP) is 2.49. The third-order valence-electron chi connectivity index (χ3n) is 2.08. The molecule has 0 aromatic carbocycles. The van der Waals surface area contributed by atoms with Crippen molar-refractivity contribution in [2.24, 2.45) is 0 Å². The molecule has 0 amide bonds. The summed E-state index contributed by atoms with van der Waals surface area (Å²) in [5, 5.41) is 9.36. The molecule has 0 aliphatic rings. The fraction of sp³-hybridized carbons (Fsp3) is 0.909. The number of unbranched alkanes of at least 4 members (excludes halogenated alkanes) is 1. The average molecular weight is 237 g/mol. The van der Waals surface area contributed by atoms with Gasteiger partial charge in [0.05, 0.1) is 12.7 Å². The first-order chi connectivity index (χ1) is 7.20. The van der Waals surface area contributed by atoms with Crippen LogP contribution in [-0.4, -0.2) is 29.7 Å². The van der Waals surface area contributed by atoms with E-state index < -0.39 is 0 Å². The van der Waals surface area contributed by atoms with Gasteiger partial charge in [-0.2, -0.15) is 0 Å². The summed E-state index contributed by atoms with van der Waals surface area (Å²) < 4.78 is 4.92. The molecular weight excluding hydrogens is 216 g/mol. The molecule has 0 aromatic rings. The van der Waals surface area contributed by atoms with Gasteiger partial charge < -0.3 is 9.84 Å². The zero-order valence-electron chi connectivity index (χ0n) is 9.38. The molecule has 3 nitrogen and oxygen atoms in total. The van der Waals surface area contributed by atoms with Crippen LogP contribution in [0.5, 0.6) is 0 Å². The van der Waals surface area contributed by atoms with Gasteiger partial charge in [-0.15, -0.1) is 11.6 Å². The van der Waals surface area contributed by atoms with Crippen molar-refractivity contribution >= 4 is 17.6 Å². The van der Waals surface area contributed by atoms with Crippen LogP contribution in [0.1, 0.15) is 45.4 Å². The van der Waals surface area contributed by atoms with Gasteiger partial charge in [0.25, 0.3) is 0 Å². The number of halogens is 1. The minimum atomic E-state index is -0.325. The third-order valence-corrected chi connectivity index (χ3v) is 2.30. The van der Waals surface area contributed by atoms with Crippen LogP contribution >= 0.6 is 11.6 Å². The molecule has 0 spiro atoms. The van der Waals surface area contributed by atoms with Crippen LogP contribution in [0.25, 0.3) is 0 Å². The smallest absolute Gasteiger partial charge is 0.305 e. The molecule has 0 saturated carbocycles. The van der Waals surface area contributed by atoms with E-state index in [0.29, 0.717) is 31.7 Å². The highest BCUT2D eigenvalue weighted by atomic mass is 35.5. The molecule has 0 radical (unpaired) electrons. The molecule has 0 fully saturated rings. The molecule has 90 valence electrons. The molecule has 0 saturated heterocycles. The summed E-state index contributed by atoms with van der Waals surface area (Å²) in [7, 11) is 0. The topological polar surface area (TPSA) is 46.5 Å². The van der Waals surface area contributed by atoms with Crippen LogP contribution in [0, 0.1) is 0 Å². The van der Waals surface area contributed by atoms with Crippen LogP contribution in [0.15, 0.2) is 0 Å². The summed E-state index contributed by atoms with van der Waals surface area (Å²) in [6, 6.07) is 0. The standard InChI is InChI=1S/C11H21ClO3/c1-2-9-15-11(14)6-4-3-5-10(13)7-8-12/h10,13H,2-9H2,1H3. The fourth-order valence-electron chi connectivity index (χ4n) is 1.21. The Balaban J connectivity index is 3.26. The Kier molecular flexibility index (Phi) is 10.1. The van der Waals surface area contributed by atoms with E-state index in [1.54, 1.807) is 0 Å². The van der Waals surface area contributed by atoms with E-state index in [1.807, 2.05) is 6.92 Å². The van der Waals surface area contributed by atoms with Gasteiger partial charge in [-0.3, -0.25) is 4.79 Å². The maximum Gasteiger partial charge on any atom is 0.305 e. The minimum Gasteiger partial charge on any atom is -0.466 e. The molecule has 1 N–H and O–H groups in total. The van der Waals surface area contributed by atoms with Gasteiger partial charge in [0, 0.05) is 12.3 Å². The fourth-order valence-corrected chi connectivity index (χ4v) is 1.46. The molecule has 1 unspecified atom stereocenters. The van der Waals surface area contributed by atoms with E-state index in [-0.39, 0.29) is 12.1 Å². The van der Waals surface area contributed by atoms with Gasteiger partial charge in [-0.25, -0.2) is 0 Å². The van der Waals surface area contributed by atoms with E-state index in [9.17, 15) is 9.90 Å². The van der Waals surface area contributed by atoms with Gasteiger partial charge in [0.1, 0.15) is 0 Å². The van der Waals surface area contributed by atoms with Crippen molar-refractivity contribution in [3.05, 3.63) is 0 Å². The molecule has 0 rings (SSSR count). The van der Waals surface area contributed by atoms with Gasteiger partial charge >= 0.3 is 5.97 Å². The van der Waals surface area contributed by atoms with E-state index in [0.717, 1.165) is 19.3 Å². The monoisotopic (exact) mass is 236 g/mol. The van der Waals surface area contributed by atoms with Crippen molar-refractivity contribution in [3.63, 3.8) is 0 Å². The number of hydrogen-bond donors (Lipinski definition) is 1. The van der Waals surface area contributed by atoms with Crippen molar-refractivity contribution in [1.82, 2.24) is 0 Å². The molecule has 15 heavy (non-hydrogen) atoms. The molecule has 4 heteroatoms. The number of rotatable bonds is 9. The van der Waals surface area contributed by atoms with E-state index >= 15 is 0 Å². The second-order valence-corrected chi connectivity index (χ2v) is 3.98. The van der Waals surface area contributed by atoms with Crippen molar-refractivity contribution < 1.29 is 14.6 Å². The predicted molar refractivity (Wildman–Crippen MR) is 61.1 cm³/mol. The molecule has 0 heterocycles. The van der Waals surface area contributed by atoms with Crippen LogP contribution in [-0.2, 0) is 9.53 Å². The van der Waals surface area contributed by atoms with Gasteiger partial charge in [-0.1, -0.05) is 13.3 Å². The molecule has 0 aromatic heterocycles. The average Bonchev–Trinajstić information content (AvgIpc) is 2.22. The Hall–Kier alpha value is -0.280. The summed E-state index contributed by atoms with van der Waals surface area (Å²) in [5.41, 5.74) is 0. The number of carbonyl (C=O) groups excluding carboxylic acids is 1. The van der Waals surface area contributed by atoms with Gasteiger partial charge in [0.15, 0.2) is 0 Å². The highest BCUT2D eigenvalue weighted by Crippen LogP contribution is 2.07. The van der Waals surface area contributed by atoms with Crippen LogP contribution < -0.4 is 0 Å². The number of ether oxygens (including phenoxy) is 1. The zero-order valence-corrected chi connectivity index (χ0v) is 10.1. The number of alkyl halides is 1. The maximum absolute atomic E-state index is 11.1. The second kappa shape index (κ2) is 10.2. The third kappa shape index (κ3) is 10.0. The molecule has 0 aliphatic heterocycles. The maximum atomic E-state index is 11.1. The SMILES string of the molecule is CCCOC(=O)CCCCC(O)CCCl. The normalized spacial score (nSPS) is 12.5. The molecule has 0 bridgehead atoms. The number of hydrogen-bond acceptors (Lipinski definition) is 3. The summed E-state index contributed by atoms with van der Waals surface area (Å²) in [6.07, 6.45) is 3.96. The number of aliphatic hydroxyl groups is 1. The Labute approximate surface area is 96.8 Å². The number of carbonyl (C=O) groups is 1. The van der Waals surface area contributed by atoms with E-state index in [4.69, 9.17) is 16.3 Å². The highest BCUT2D eigenvalue weighted by molar-refractivity contribution is 6.17. The Morgan fingerprint density at radius 1 is 1.40 bits per heavy atom. The van der Waals surface area contributed by atoms with Gasteiger partial charge in [-0.05, 0) is 25.7 Å². The molecule has 0 aliphatic carbocycles. The van der Waals surface area contributed by atoms with Gasteiger partial charge in [0.2, 0.25) is 0 Å². The molecule has 1 atom stereocenters. The number of esters is 1. The quantitative estimate of drug-likeness (QED) is 0.380.